The van der Waals surface area contributed by atoms with Gasteiger partial charge in [0.05, 0.1) is 17.8 Å². The van der Waals surface area contributed by atoms with Crippen LogP contribution in [-0.2, 0) is 17.8 Å². The van der Waals surface area contributed by atoms with E-state index in [-0.39, 0.29) is 46.4 Å². The van der Waals surface area contributed by atoms with Crippen molar-refractivity contribution in [2.24, 2.45) is 5.92 Å². The lowest BCUT2D eigenvalue weighted by Gasteiger charge is -2.44. The highest BCUT2D eigenvalue weighted by Crippen LogP contribution is 2.39. The summed E-state index contributed by atoms with van der Waals surface area (Å²) in [6, 6.07) is 15.5. The summed E-state index contributed by atoms with van der Waals surface area (Å²) in [7, 11) is 0. The summed E-state index contributed by atoms with van der Waals surface area (Å²) in [6.45, 7) is 4.83. The Balaban J connectivity index is 1.32. The highest BCUT2D eigenvalue weighted by molar-refractivity contribution is 6.31. The second kappa shape index (κ2) is 11.3. The summed E-state index contributed by atoms with van der Waals surface area (Å²) in [5, 5.41) is 3.18. The van der Waals surface area contributed by atoms with Gasteiger partial charge in [0.1, 0.15) is 5.82 Å². The molecular weight excluding hydrogens is 543 g/mol. The number of fused-ring (bicyclic) bond motifs is 4. The highest BCUT2D eigenvalue weighted by Gasteiger charge is 2.35. The highest BCUT2D eigenvalue weighted by atomic mass is 35.5. The van der Waals surface area contributed by atoms with E-state index in [2.05, 4.69) is 17.1 Å². The maximum atomic E-state index is 14.5. The molecule has 2 saturated heterocycles. The molecule has 3 aliphatic rings. The Kier molecular flexibility index (Phi) is 7.60. The third-order valence-corrected chi connectivity index (χ3v) is 9.15. The predicted molar refractivity (Wildman–Crippen MR) is 158 cm³/mol. The standard InChI is InChI=1S/C32H34ClFN4O3/c1-20-6-2-3-13-37(20)32(41)22-11-12-29(27(15-22)35-30(39)16-24-25(33)7-4-8-26(24)34)36-17-21-14-23(19-36)28-9-5-10-31(40)38(28)18-21/h4-5,7-12,15,20-21,23H,2-3,6,13-14,16-19H2,1H3,(H,35,39)/t20-,21+,23-/m0/s1. The molecule has 0 aliphatic carbocycles. The molecule has 3 aromatic rings. The first-order valence-corrected chi connectivity index (χ1v) is 14.8. The number of carbonyl (C=O) groups excluding carboxylic acids is 2. The van der Waals surface area contributed by atoms with Gasteiger partial charge < -0.3 is 19.7 Å². The van der Waals surface area contributed by atoms with Gasteiger partial charge in [0, 0.05) is 66.0 Å². The maximum Gasteiger partial charge on any atom is 0.254 e. The van der Waals surface area contributed by atoms with Gasteiger partial charge in [-0.2, -0.15) is 0 Å². The van der Waals surface area contributed by atoms with E-state index in [1.54, 1.807) is 18.2 Å². The molecule has 0 radical (unpaired) electrons. The maximum absolute atomic E-state index is 14.5. The minimum atomic E-state index is -0.534. The van der Waals surface area contributed by atoms with Crippen LogP contribution in [0.3, 0.4) is 0 Å². The van der Waals surface area contributed by atoms with Gasteiger partial charge >= 0.3 is 0 Å². The van der Waals surface area contributed by atoms with Crippen molar-refractivity contribution >= 4 is 34.8 Å². The first-order valence-electron chi connectivity index (χ1n) is 14.4. The average molecular weight is 577 g/mol. The van der Waals surface area contributed by atoms with Gasteiger partial charge in [-0.25, -0.2) is 4.39 Å². The topological polar surface area (TPSA) is 74.7 Å². The first-order chi connectivity index (χ1) is 19.8. The van der Waals surface area contributed by atoms with Gasteiger partial charge in [-0.15, -0.1) is 0 Å². The molecule has 0 spiro atoms. The van der Waals surface area contributed by atoms with Crippen LogP contribution in [0.2, 0.25) is 5.02 Å². The van der Waals surface area contributed by atoms with Crippen molar-refractivity contribution in [1.29, 1.82) is 0 Å². The molecule has 41 heavy (non-hydrogen) atoms. The van der Waals surface area contributed by atoms with Gasteiger partial charge in [-0.3, -0.25) is 14.4 Å². The lowest BCUT2D eigenvalue weighted by molar-refractivity contribution is -0.115. The number of nitrogens with zero attached hydrogens (tertiary/aromatic N) is 3. The van der Waals surface area contributed by atoms with E-state index in [9.17, 15) is 18.8 Å². The fourth-order valence-corrected chi connectivity index (χ4v) is 6.99. The van der Waals surface area contributed by atoms with Gasteiger partial charge in [0.25, 0.3) is 11.5 Å². The number of hydrogen-bond acceptors (Lipinski definition) is 4. The van der Waals surface area contributed by atoms with Gasteiger partial charge in [-0.1, -0.05) is 23.7 Å². The second-order valence-corrected chi connectivity index (χ2v) is 12.0. The van der Waals surface area contributed by atoms with Crippen LogP contribution in [0.15, 0.2) is 59.4 Å². The number of nitrogens with one attached hydrogen (secondary N) is 1. The van der Waals surface area contributed by atoms with Crippen LogP contribution in [0.1, 0.15) is 60.1 Å². The van der Waals surface area contributed by atoms with Crippen LogP contribution in [0.4, 0.5) is 15.8 Å². The quantitative estimate of drug-likeness (QED) is 0.438. The molecule has 7 nitrogen and oxygen atoms in total. The summed E-state index contributed by atoms with van der Waals surface area (Å²) in [6.07, 6.45) is 3.82. The number of halogens is 2. The third-order valence-electron chi connectivity index (χ3n) is 8.80. The fourth-order valence-electron chi connectivity index (χ4n) is 6.76. The lowest BCUT2D eigenvalue weighted by atomic mass is 9.83. The first kappa shape index (κ1) is 27.5. The molecule has 214 valence electrons. The van der Waals surface area contributed by atoms with Crippen LogP contribution < -0.4 is 15.8 Å². The molecule has 0 unspecified atom stereocenters. The molecule has 2 fully saturated rings. The van der Waals surface area contributed by atoms with E-state index in [4.69, 9.17) is 11.6 Å². The number of piperidine rings is 2. The molecular formula is C32H34ClFN4O3. The van der Waals surface area contributed by atoms with Crippen molar-refractivity contribution < 1.29 is 14.0 Å². The van der Waals surface area contributed by atoms with Crippen LogP contribution >= 0.6 is 11.6 Å². The summed E-state index contributed by atoms with van der Waals surface area (Å²) in [5.41, 5.74) is 3.03. The van der Waals surface area contributed by atoms with Gasteiger partial charge in [0.2, 0.25) is 5.91 Å². The number of likely N-dealkylation sites (tertiary alicyclic amines) is 1. The number of rotatable bonds is 5. The Hall–Kier alpha value is -3.65. The number of benzene rings is 2. The Morgan fingerprint density at radius 3 is 2.68 bits per heavy atom. The fraction of sp³-hybridized carbons (Fsp3) is 0.406. The second-order valence-electron chi connectivity index (χ2n) is 11.6. The molecule has 3 atom stereocenters. The smallest absolute Gasteiger partial charge is 0.254 e. The van der Waals surface area contributed by atoms with E-state index >= 15 is 0 Å². The van der Waals surface area contributed by atoms with Crippen molar-refractivity contribution in [3.8, 4) is 0 Å². The van der Waals surface area contributed by atoms with Crippen molar-refractivity contribution in [3.63, 3.8) is 0 Å². The molecule has 4 heterocycles. The molecule has 0 saturated carbocycles. The van der Waals surface area contributed by atoms with Crippen LogP contribution in [0.25, 0.3) is 0 Å². The van der Waals surface area contributed by atoms with Crippen LogP contribution in [-0.4, -0.2) is 47.0 Å². The molecule has 2 aromatic carbocycles. The van der Waals surface area contributed by atoms with E-state index in [0.717, 1.165) is 43.6 Å². The van der Waals surface area contributed by atoms with E-state index in [1.807, 2.05) is 33.7 Å². The Bertz CT molecular complexity index is 1540. The average Bonchev–Trinajstić information content (AvgIpc) is 2.95. The van der Waals surface area contributed by atoms with E-state index in [0.29, 0.717) is 30.9 Å². The zero-order valence-electron chi connectivity index (χ0n) is 23.1. The summed E-state index contributed by atoms with van der Waals surface area (Å²) in [4.78, 5) is 43.5. The molecule has 1 aromatic heterocycles. The van der Waals surface area contributed by atoms with Crippen molar-refractivity contribution in [2.45, 2.75) is 57.5 Å². The molecule has 1 N–H and O–H groups in total. The largest absolute Gasteiger partial charge is 0.369 e. The number of anilines is 2. The predicted octanol–water partition coefficient (Wildman–Crippen LogP) is 5.46. The summed E-state index contributed by atoms with van der Waals surface area (Å²) < 4.78 is 16.4. The van der Waals surface area contributed by atoms with Gasteiger partial charge in [-0.05, 0) is 74.9 Å². The Labute approximate surface area is 243 Å². The molecule has 6 rings (SSSR count). The SMILES string of the molecule is C[C@H]1CCCCN1C(=O)c1ccc(N2C[C@H]3C[C@@H](C2)c2cccc(=O)n2C3)c(NC(=O)Cc2c(F)cccc2Cl)c1. The number of amides is 2. The molecule has 2 bridgehead atoms. The van der Waals surface area contributed by atoms with E-state index in [1.165, 1.54) is 12.1 Å². The number of carbonyl (C=O) groups is 2. The Morgan fingerprint density at radius 2 is 1.88 bits per heavy atom. The van der Waals surface area contributed by atoms with E-state index < -0.39 is 11.7 Å². The number of pyridine rings is 1. The third kappa shape index (κ3) is 5.49. The summed E-state index contributed by atoms with van der Waals surface area (Å²) in [5.74, 6) is -0.553. The normalized spacial score (nSPS) is 21.8. The number of aromatic nitrogens is 1. The van der Waals surface area contributed by atoms with Crippen LogP contribution in [0.5, 0.6) is 0 Å². The van der Waals surface area contributed by atoms with Crippen molar-refractivity contribution in [1.82, 2.24) is 9.47 Å². The molecule has 9 heteroatoms. The zero-order valence-corrected chi connectivity index (χ0v) is 23.9. The molecule has 2 amide bonds. The summed E-state index contributed by atoms with van der Waals surface area (Å²) >= 11 is 6.20. The van der Waals surface area contributed by atoms with Crippen molar-refractivity contribution in [2.75, 3.05) is 29.9 Å². The minimum Gasteiger partial charge on any atom is -0.369 e. The van der Waals surface area contributed by atoms with Crippen molar-refractivity contribution in [3.05, 3.63) is 92.6 Å². The zero-order chi connectivity index (χ0) is 28.7. The monoisotopic (exact) mass is 576 g/mol. The van der Waals surface area contributed by atoms with Crippen LogP contribution in [0, 0.1) is 11.7 Å². The Morgan fingerprint density at radius 1 is 1.05 bits per heavy atom. The lowest BCUT2D eigenvalue weighted by Crippen LogP contribution is -2.47. The van der Waals surface area contributed by atoms with Gasteiger partial charge in [0.15, 0.2) is 0 Å². The minimum absolute atomic E-state index is 0.0280. The number of hydrogen-bond donors (Lipinski definition) is 1. The molecule has 3 aliphatic heterocycles.